The molecule has 1 spiro atoms. The fourth-order valence-electron chi connectivity index (χ4n) is 4.12. The van der Waals surface area contributed by atoms with Crippen molar-refractivity contribution in [2.24, 2.45) is 0 Å². The van der Waals surface area contributed by atoms with Gasteiger partial charge in [-0.2, -0.15) is 0 Å². The number of hydrogen-bond donors (Lipinski definition) is 1. The van der Waals surface area contributed by atoms with Crippen LogP contribution in [0.15, 0.2) is 18.2 Å². The van der Waals surface area contributed by atoms with Crippen molar-refractivity contribution in [1.82, 2.24) is 5.32 Å². The van der Waals surface area contributed by atoms with Gasteiger partial charge in [0.05, 0.1) is 0 Å². The standard InChI is InChI=1S/C17H25ClN2/c1-13-6-7-14(18)10-15(13)20-11-16(2,3)19-17(12-20)8-4-5-9-17/h6-7,10,19H,4-5,8-9,11-12H2,1-3H3. The number of piperazine rings is 1. The van der Waals surface area contributed by atoms with E-state index in [1.54, 1.807) is 0 Å². The Morgan fingerprint density at radius 3 is 2.55 bits per heavy atom. The molecular weight excluding hydrogens is 268 g/mol. The summed E-state index contributed by atoms with van der Waals surface area (Å²) in [5.41, 5.74) is 3.08. The third-order valence-electron chi connectivity index (χ3n) is 4.76. The topological polar surface area (TPSA) is 15.3 Å². The van der Waals surface area contributed by atoms with Crippen LogP contribution in [0.4, 0.5) is 5.69 Å². The first kappa shape index (κ1) is 14.2. The van der Waals surface area contributed by atoms with E-state index in [0.717, 1.165) is 18.1 Å². The van der Waals surface area contributed by atoms with Crippen molar-refractivity contribution >= 4 is 17.3 Å². The van der Waals surface area contributed by atoms with Gasteiger partial charge in [0.2, 0.25) is 0 Å². The minimum atomic E-state index is 0.150. The van der Waals surface area contributed by atoms with Crippen molar-refractivity contribution in [2.75, 3.05) is 18.0 Å². The van der Waals surface area contributed by atoms with Crippen LogP contribution in [-0.4, -0.2) is 24.2 Å². The van der Waals surface area contributed by atoms with Gasteiger partial charge in [0.15, 0.2) is 0 Å². The van der Waals surface area contributed by atoms with E-state index in [1.807, 2.05) is 6.07 Å². The molecule has 3 rings (SSSR count). The van der Waals surface area contributed by atoms with Crippen molar-refractivity contribution in [3.05, 3.63) is 28.8 Å². The Morgan fingerprint density at radius 1 is 1.15 bits per heavy atom. The molecule has 2 fully saturated rings. The van der Waals surface area contributed by atoms with Gasteiger partial charge in [-0.25, -0.2) is 0 Å². The number of rotatable bonds is 1. The molecule has 1 aromatic carbocycles. The van der Waals surface area contributed by atoms with Crippen LogP contribution in [0.1, 0.15) is 45.1 Å². The molecule has 2 nitrogen and oxygen atoms in total. The van der Waals surface area contributed by atoms with E-state index in [0.29, 0.717) is 5.54 Å². The van der Waals surface area contributed by atoms with Gasteiger partial charge in [-0.1, -0.05) is 30.5 Å². The fourth-order valence-corrected chi connectivity index (χ4v) is 4.29. The van der Waals surface area contributed by atoms with Crippen LogP contribution < -0.4 is 10.2 Å². The summed E-state index contributed by atoms with van der Waals surface area (Å²) < 4.78 is 0. The predicted octanol–water partition coefficient (Wildman–Crippen LogP) is 4.15. The van der Waals surface area contributed by atoms with Crippen molar-refractivity contribution in [3.63, 3.8) is 0 Å². The minimum absolute atomic E-state index is 0.150. The molecule has 0 radical (unpaired) electrons. The summed E-state index contributed by atoms with van der Waals surface area (Å²) in [4.78, 5) is 2.54. The first-order valence-corrected chi connectivity index (χ1v) is 8.08. The lowest BCUT2D eigenvalue weighted by molar-refractivity contribution is 0.197. The monoisotopic (exact) mass is 292 g/mol. The number of nitrogens with one attached hydrogen (secondary N) is 1. The largest absolute Gasteiger partial charge is 0.368 e. The Hall–Kier alpha value is -0.730. The highest BCUT2D eigenvalue weighted by Crippen LogP contribution is 2.38. The van der Waals surface area contributed by atoms with Gasteiger partial charge in [-0.15, -0.1) is 0 Å². The summed E-state index contributed by atoms with van der Waals surface area (Å²) in [6.45, 7) is 8.97. The highest BCUT2D eigenvalue weighted by molar-refractivity contribution is 6.30. The molecule has 0 unspecified atom stereocenters. The summed E-state index contributed by atoms with van der Waals surface area (Å²) in [5.74, 6) is 0. The van der Waals surface area contributed by atoms with Crippen molar-refractivity contribution < 1.29 is 0 Å². The summed E-state index contributed by atoms with van der Waals surface area (Å²) >= 11 is 6.22. The lowest BCUT2D eigenvalue weighted by atomic mass is 9.86. The van der Waals surface area contributed by atoms with Gasteiger partial charge in [0.1, 0.15) is 0 Å². The maximum absolute atomic E-state index is 6.22. The highest BCUT2D eigenvalue weighted by atomic mass is 35.5. The van der Waals surface area contributed by atoms with Gasteiger partial charge in [-0.05, 0) is 51.3 Å². The molecular formula is C17H25ClN2. The number of aryl methyl sites for hydroxylation is 1. The summed E-state index contributed by atoms with van der Waals surface area (Å²) in [7, 11) is 0. The third-order valence-corrected chi connectivity index (χ3v) is 4.99. The molecule has 1 saturated heterocycles. The van der Waals surface area contributed by atoms with Gasteiger partial charge < -0.3 is 10.2 Å². The number of halogens is 1. The second-order valence-corrected chi connectivity index (χ2v) is 7.72. The lowest BCUT2D eigenvalue weighted by Crippen LogP contribution is -2.68. The Morgan fingerprint density at radius 2 is 1.85 bits per heavy atom. The van der Waals surface area contributed by atoms with Crippen LogP contribution in [0.3, 0.4) is 0 Å². The smallest absolute Gasteiger partial charge is 0.0426 e. The Kier molecular flexibility index (Phi) is 3.50. The van der Waals surface area contributed by atoms with E-state index in [-0.39, 0.29) is 5.54 Å². The number of hydrogen-bond acceptors (Lipinski definition) is 2. The molecule has 1 aliphatic heterocycles. The minimum Gasteiger partial charge on any atom is -0.368 e. The van der Waals surface area contributed by atoms with E-state index in [1.165, 1.54) is 36.9 Å². The molecule has 2 aliphatic rings. The number of anilines is 1. The van der Waals surface area contributed by atoms with E-state index in [4.69, 9.17) is 11.6 Å². The van der Waals surface area contributed by atoms with E-state index < -0.39 is 0 Å². The molecule has 0 atom stereocenters. The molecule has 1 heterocycles. The number of benzene rings is 1. The molecule has 0 aromatic heterocycles. The maximum Gasteiger partial charge on any atom is 0.0426 e. The third kappa shape index (κ3) is 2.68. The molecule has 1 saturated carbocycles. The Bertz CT molecular complexity index is 504. The fraction of sp³-hybridized carbons (Fsp3) is 0.647. The van der Waals surface area contributed by atoms with Crippen LogP contribution in [0, 0.1) is 6.92 Å². The number of nitrogens with zero attached hydrogens (tertiary/aromatic N) is 1. The van der Waals surface area contributed by atoms with Gasteiger partial charge in [-0.3, -0.25) is 0 Å². The lowest BCUT2D eigenvalue weighted by Gasteiger charge is -2.51. The highest BCUT2D eigenvalue weighted by Gasteiger charge is 2.44. The molecule has 1 aromatic rings. The van der Waals surface area contributed by atoms with Gasteiger partial charge >= 0.3 is 0 Å². The first-order chi connectivity index (χ1) is 9.39. The van der Waals surface area contributed by atoms with Crippen molar-refractivity contribution in [1.29, 1.82) is 0 Å². The van der Waals surface area contributed by atoms with Gasteiger partial charge in [0, 0.05) is 34.9 Å². The maximum atomic E-state index is 6.22. The Labute approximate surface area is 127 Å². The average molecular weight is 293 g/mol. The Balaban J connectivity index is 1.94. The first-order valence-electron chi connectivity index (χ1n) is 7.70. The molecule has 20 heavy (non-hydrogen) atoms. The molecule has 1 aliphatic carbocycles. The van der Waals surface area contributed by atoms with E-state index >= 15 is 0 Å². The molecule has 3 heteroatoms. The van der Waals surface area contributed by atoms with E-state index in [2.05, 4.69) is 43.1 Å². The molecule has 110 valence electrons. The zero-order chi connectivity index (χ0) is 14.4. The summed E-state index contributed by atoms with van der Waals surface area (Å²) in [5, 5.41) is 4.76. The van der Waals surface area contributed by atoms with E-state index in [9.17, 15) is 0 Å². The van der Waals surface area contributed by atoms with Crippen LogP contribution in [0.2, 0.25) is 5.02 Å². The quantitative estimate of drug-likeness (QED) is 0.836. The normalized spacial score (nSPS) is 24.3. The van der Waals surface area contributed by atoms with Gasteiger partial charge in [0.25, 0.3) is 0 Å². The van der Waals surface area contributed by atoms with Crippen LogP contribution in [-0.2, 0) is 0 Å². The summed E-state index contributed by atoms with van der Waals surface area (Å²) in [6.07, 6.45) is 5.30. The van der Waals surface area contributed by atoms with Crippen molar-refractivity contribution in [2.45, 2.75) is 57.5 Å². The average Bonchev–Trinajstić information content (AvgIpc) is 2.77. The van der Waals surface area contributed by atoms with Crippen LogP contribution in [0.25, 0.3) is 0 Å². The second-order valence-electron chi connectivity index (χ2n) is 7.28. The molecule has 0 bridgehead atoms. The summed E-state index contributed by atoms with van der Waals surface area (Å²) in [6, 6.07) is 6.24. The SMILES string of the molecule is Cc1ccc(Cl)cc1N1CC(C)(C)NC2(CCCC2)C1. The van der Waals surface area contributed by atoms with Crippen LogP contribution >= 0.6 is 11.6 Å². The zero-order valence-electron chi connectivity index (χ0n) is 12.8. The second kappa shape index (κ2) is 4.92. The van der Waals surface area contributed by atoms with Crippen molar-refractivity contribution in [3.8, 4) is 0 Å². The van der Waals surface area contributed by atoms with Crippen LogP contribution in [0.5, 0.6) is 0 Å². The predicted molar refractivity (Wildman–Crippen MR) is 86.8 cm³/mol. The molecule has 1 N–H and O–H groups in total. The molecule has 0 amide bonds. The zero-order valence-corrected chi connectivity index (χ0v) is 13.6.